The molecular formula is C20H28N8O. The highest BCUT2D eigenvalue weighted by Gasteiger charge is 2.18. The van der Waals surface area contributed by atoms with Gasteiger partial charge in [0.2, 0.25) is 0 Å². The highest BCUT2D eigenvalue weighted by molar-refractivity contribution is 6.47. The second kappa shape index (κ2) is 9.49. The quantitative estimate of drug-likeness (QED) is 0.410. The molecule has 29 heavy (non-hydrogen) atoms. The van der Waals surface area contributed by atoms with Crippen LogP contribution in [0.25, 0.3) is 5.52 Å². The van der Waals surface area contributed by atoms with Crippen LogP contribution in [0.2, 0.25) is 0 Å². The normalized spacial score (nSPS) is 16.4. The highest BCUT2D eigenvalue weighted by atomic mass is 16.5. The number of hydrogen-bond acceptors (Lipinski definition) is 8. The smallest absolute Gasteiger partial charge is 0.147 e. The van der Waals surface area contributed by atoms with Crippen LogP contribution in [-0.4, -0.2) is 72.3 Å². The fourth-order valence-electron chi connectivity index (χ4n) is 3.39. The number of hydrogen-bond donors (Lipinski definition) is 2. The first-order chi connectivity index (χ1) is 14.0. The number of rotatable bonds is 7. The van der Waals surface area contributed by atoms with E-state index < -0.39 is 0 Å². The van der Waals surface area contributed by atoms with E-state index in [0.717, 1.165) is 43.8 Å². The van der Waals surface area contributed by atoms with Gasteiger partial charge in [-0.1, -0.05) is 0 Å². The Balaban J connectivity index is 1.97. The largest absolute Gasteiger partial charge is 0.490 e. The van der Waals surface area contributed by atoms with Gasteiger partial charge in [-0.3, -0.25) is 4.99 Å². The van der Waals surface area contributed by atoms with Gasteiger partial charge in [0.1, 0.15) is 35.2 Å². The molecule has 3 heterocycles. The van der Waals surface area contributed by atoms with E-state index in [-0.39, 0.29) is 6.04 Å². The van der Waals surface area contributed by atoms with E-state index in [2.05, 4.69) is 21.6 Å². The van der Waals surface area contributed by atoms with E-state index in [4.69, 9.17) is 15.6 Å². The van der Waals surface area contributed by atoms with E-state index in [9.17, 15) is 5.26 Å². The average Bonchev–Trinajstić information content (AvgIpc) is 3.12. The maximum atomic E-state index is 9.42. The molecule has 3 N–H and O–H groups in total. The van der Waals surface area contributed by atoms with Gasteiger partial charge in [0.25, 0.3) is 0 Å². The Labute approximate surface area is 170 Å². The fraction of sp³-hybridized carbons (Fsp3) is 0.500. The van der Waals surface area contributed by atoms with Crippen LogP contribution in [0.15, 0.2) is 28.6 Å². The van der Waals surface area contributed by atoms with Gasteiger partial charge >= 0.3 is 0 Å². The van der Waals surface area contributed by atoms with Gasteiger partial charge in [0.05, 0.1) is 18.0 Å². The minimum Gasteiger partial charge on any atom is -0.490 e. The van der Waals surface area contributed by atoms with Crippen LogP contribution in [0.1, 0.15) is 30.9 Å². The van der Waals surface area contributed by atoms with E-state index in [1.165, 1.54) is 6.20 Å². The molecule has 0 aromatic carbocycles. The number of hydrazone groups is 1. The van der Waals surface area contributed by atoms with Crippen LogP contribution in [0, 0.1) is 11.3 Å². The summed E-state index contributed by atoms with van der Waals surface area (Å²) < 4.78 is 7.64. The lowest BCUT2D eigenvalue weighted by Gasteiger charge is -2.20. The zero-order chi connectivity index (χ0) is 20.8. The molecule has 0 radical (unpaired) electrons. The van der Waals surface area contributed by atoms with Gasteiger partial charge < -0.3 is 20.8 Å². The lowest BCUT2D eigenvalue weighted by Crippen LogP contribution is -2.31. The zero-order valence-electron chi connectivity index (χ0n) is 17.2. The molecule has 9 heteroatoms. The molecule has 0 unspecified atom stereocenters. The Kier molecular flexibility index (Phi) is 6.80. The van der Waals surface area contributed by atoms with E-state index in [1.807, 2.05) is 38.2 Å². The lowest BCUT2D eigenvalue weighted by molar-refractivity contribution is 0.263. The first-order valence-corrected chi connectivity index (χ1v) is 9.76. The Hall–Kier alpha value is -2.96. The van der Waals surface area contributed by atoms with Crippen molar-refractivity contribution in [3.05, 3.63) is 29.6 Å². The summed E-state index contributed by atoms with van der Waals surface area (Å²) in [5, 5.41) is 21.1. The molecule has 154 valence electrons. The molecule has 0 saturated carbocycles. The zero-order valence-corrected chi connectivity index (χ0v) is 17.2. The Bertz CT molecular complexity index is 947. The van der Waals surface area contributed by atoms with Gasteiger partial charge in [-0.15, -0.1) is 0 Å². The Morgan fingerprint density at radius 2 is 2.21 bits per heavy atom. The maximum absolute atomic E-state index is 9.42. The Morgan fingerprint density at radius 1 is 1.45 bits per heavy atom. The van der Waals surface area contributed by atoms with Crippen molar-refractivity contribution in [3.8, 4) is 11.8 Å². The van der Waals surface area contributed by atoms with Crippen molar-refractivity contribution < 1.29 is 4.74 Å². The maximum Gasteiger partial charge on any atom is 0.147 e. The molecule has 1 saturated heterocycles. The molecule has 0 atom stereocenters. The summed E-state index contributed by atoms with van der Waals surface area (Å²) in [5.41, 5.74) is 3.23. The lowest BCUT2D eigenvalue weighted by atomic mass is 10.0. The summed E-state index contributed by atoms with van der Waals surface area (Å²) in [6.07, 6.45) is 5.34. The number of nitrogens with one attached hydrogen (secondary N) is 1. The third kappa shape index (κ3) is 4.91. The number of aliphatic imine (C=N–C) groups is 1. The minimum atomic E-state index is 0.266. The number of nitrogens with two attached hydrogens (primary N) is 1. The van der Waals surface area contributed by atoms with Gasteiger partial charge in [0, 0.05) is 18.3 Å². The number of likely N-dealkylation sites (N-methyl/N-ethyl adjacent to an activating group) is 1. The van der Waals surface area contributed by atoms with Crippen molar-refractivity contribution >= 4 is 16.9 Å². The summed E-state index contributed by atoms with van der Waals surface area (Å²) in [6.45, 7) is 5.10. The number of fused-ring (bicyclic) bond motifs is 1. The van der Waals surface area contributed by atoms with Gasteiger partial charge in [-0.05, 0) is 53.0 Å². The van der Waals surface area contributed by atoms with E-state index >= 15 is 0 Å². The number of piperidine rings is 1. The van der Waals surface area contributed by atoms with Crippen LogP contribution in [0.5, 0.6) is 5.75 Å². The van der Waals surface area contributed by atoms with Crippen LogP contribution < -0.4 is 15.9 Å². The molecule has 1 aliphatic rings. The van der Waals surface area contributed by atoms with Gasteiger partial charge in [-0.25, -0.2) is 4.52 Å². The van der Waals surface area contributed by atoms with Crippen molar-refractivity contribution in [1.29, 1.82) is 5.26 Å². The Morgan fingerprint density at radius 3 is 2.86 bits per heavy atom. The molecule has 9 nitrogen and oxygen atoms in total. The predicted octanol–water partition coefficient (Wildman–Crippen LogP) is 1.02. The SMILES string of the molecule is CC(=NC1CCNCC1)/C(=N\N)c1cc(OCCN(C)C)c2c(C#N)cnn2c1. The van der Waals surface area contributed by atoms with Gasteiger partial charge in [-0.2, -0.15) is 15.5 Å². The molecular weight excluding hydrogens is 368 g/mol. The highest BCUT2D eigenvalue weighted by Crippen LogP contribution is 2.25. The molecule has 2 aromatic heterocycles. The number of nitriles is 1. The van der Waals surface area contributed by atoms with Crippen molar-refractivity contribution in [3.63, 3.8) is 0 Å². The van der Waals surface area contributed by atoms with Crippen LogP contribution in [-0.2, 0) is 0 Å². The summed E-state index contributed by atoms with van der Waals surface area (Å²) in [5.74, 6) is 6.32. The number of aromatic nitrogens is 2. The predicted molar refractivity (Wildman–Crippen MR) is 114 cm³/mol. The van der Waals surface area contributed by atoms with Gasteiger partial charge in [0.15, 0.2) is 0 Å². The topological polar surface area (TPSA) is 116 Å². The molecule has 0 amide bonds. The van der Waals surface area contributed by atoms with Crippen molar-refractivity contribution in [2.24, 2.45) is 15.9 Å². The van der Waals surface area contributed by atoms with E-state index in [0.29, 0.717) is 29.1 Å². The summed E-state index contributed by atoms with van der Waals surface area (Å²) in [7, 11) is 3.96. The molecule has 0 bridgehead atoms. The van der Waals surface area contributed by atoms with Crippen LogP contribution >= 0.6 is 0 Å². The second-order valence-electron chi connectivity index (χ2n) is 7.38. The molecule has 1 fully saturated rings. The monoisotopic (exact) mass is 396 g/mol. The molecule has 3 rings (SSSR count). The third-order valence-electron chi connectivity index (χ3n) is 4.92. The standard InChI is InChI=1S/C20H28N8O/c1-14(25-17-4-6-23-7-5-17)19(26-22)15-10-18(29-9-8-27(2)3)20-16(11-21)12-24-28(20)13-15/h10,12-13,17,23H,4-9,22H2,1-3H3/b25-14?,26-19+. The molecule has 2 aromatic rings. The summed E-state index contributed by atoms with van der Waals surface area (Å²) in [4.78, 5) is 6.87. The van der Waals surface area contributed by atoms with Crippen LogP contribution in [0.3, 0.4) is 0 Å². The number of ether oxygens (including phenoxy) is 1. The van der Waals surface area contributed by atoms with E-state index in [1.54, 1.807) is 4.52 Å². The molecule has 1 aliphatic heterocycles. The first kappa shape index (κ1) is 20.8. The number of pyridine rings is 1. The van der Waals surface area contributed by atoms with Crippen molar-refractivity contribution in [2.45, 2.75) is 25.8 Å². The third-order valence-corrected chi connectivity index (χ3v) is 4.92. The molecule has 0 aliphatic carbocycles. The minimum absolute atomic E-state index is 0.266. The average molecular weight is 396 g/mol. The number of nitrogens with zero attached hydrogens (tertiary/aromatic N) is 6. The molecule has 0 spiro atoms. The summed E-state index contributed by atoms with van der Waals surface area (Å²) >= 11 is 0. The van der Waals surface area contributed by atoms with Crippen molar-refractivity contribution in [1.82, 2.24) is 19.8 Å². The first-order valence-electron chi connectivity index (χ1n) is 9.76. The summed E-state index contributed by atoms with van der Waals surface area (Å²) in [6, 6.07) is 4.30. The van der Waals surface area contributed by atoms with Crippen LogP contribution in [0.4, 0.5) is 0 Å². The second-order valence-corrected chi connectivity index (χ2v) is 7.38. The van der Waals surface area contributed by atoms with Crippen molar-refractivity contribution in [2.75, 3.05) is 40.3 Å². The fourth-order valence-corrected chi connectivity index (χ4v) is 3.39.